The third-order valence-electron chi connectivity index (χ3n) is 4.25. The first-order valence-electron chi connectivity index (χ1n) is 9.77. The minimum Gasteiger partial charge on any atom is -0.494 e. The number of carbonyl (C=O) groups is 2. The lowest BCUT2D eigenvalue weighted by Gasteiger charge is -2.12. The van der Waals surface area contributed by atoms with Crippen molar-refractivity contribution in [3.05, 3.63) is 71.1 Å². The van der Waals surface area contributed by atoms with Crippen molar-refractivity contribution in [1.29, 1.82) is 0 Å². The van der Waals surface area contributed by atoms with Gasteiger partial charge in [0.25, 0.3) is 15.9 Å². The Morgan fingerprint density at radius 2 is 1.72 bits per heavy atom. The summed E-state index contributed by atoms with van der Waals surface area (Å²) in [6.45, 7) is 4.06. The molecule has 0 fully saturated rings. The highest BCUT2D eigenvalue weighted by molar-refractivity contribution is 7.94. The molecule has 0 radical (unpaired) electrons. The van der Waals surface area contributed by atoms with Gasteiger partial charge in [-0.3, -0.25) is 14.3 Å². The van der Waals surface area contributed by atoms with Gasteiger partial charge in [-0.05, 0) is 55.5 Å². The second-order valence-corrected chi connectivity index (χ2v) is 9.77. The van der Waals surface area contributed by atoms with E-state index in [4.69, 9.17) is 4.74 Å². The topological polar surface area (TPSA) is 114 Å². The largest absolute Gasteiger partial charge is 0.494 e. The molecule has 0 atom stereocenters. The zero-order chi connectivity index (χ0) is 23.1. The molecule has 2 aromatic carbocycles. The summed E-state index contributed by atoms with van der Waals surface area (Å²) >= 11 is 1.05. The van der Waals surface area contributed by atoms with Gasteiger partial charge in [0.15, 0.2) is 0 Å². The monoisotopic (exact) mass is 473 g/mol. The average Bonchev–Trinajstić information content (AvgIpc) is 3.24. The Morgan fingerprint density at radius 3 is 2.41 bits per heavy atom. The van der Waals surface area contributed by atoms with E-state index < -0.39 is 15.9 Å². The summed E-state index contributed by atoms with van der Waals surface area (Å²) in [7, 11) is -3.91. The third-order valence-corrected chi connectivity index (χ3v) is 7.20. The van der Waals surface area contributed by atoms with Crippen LogP contribution in [-0.4, -0.2) is 26.8 Å². The molecule has 3 N–H and O–H groups in total. The van der Waals surface area contributed by atoms with Crippen LogP contribution in [0.5, 0.6) is 5.75 Å². The normalized spacial score (nSPS) is 10.9. The van der Waals surface area contributed by atoms with Crippen LogP contribution in [0.1, 0.15) is 29.1 Å². The predicted molar refractivity (Wildman–Crippen MR) is 125 cm³/mol. The summed E-state index contributed by atoms with van der Waals surface area (Å²) in [5.41, 5.74) is 0.893. The number of sulfonamides is 1. The number of hydrogen-bond acceptors (Lipinski definition) is 6. The lowest BCUT2D eigenvalue weighted by atomic mass is 10.1. The summed E-state index contributed by atoms with van der Waals surface area (Å²) in [6.07, 6.45) is 0. The van der Waals surface area contributed by atoms with Gasteiger partial charge in [-0.1, -0.05) is 12.1 Å². The van der Waals surface area contributed by atoms with Crippen molar-refractivity contribution < 1.29 is 22.7 Å². The van der Waals surface area contributed by atoms with E-state index in [2.05, 4.69) is 15.4 Å². The first-order valence-corrected chi connectivity index (χ1v) is 12.1. The quantitative estimate of drug-likeness (QED) is 0.437. The summed E-state index contributed by atoms with van der Waals surface area (Å²) in [5, 5.41) is 5.39. The highest BCUT2D eigenvalue weighted by atomic mass is 32.2. The molecule has 168 valence electrons. The van der Waals surface area contributed by atoms with Crippen LogP contribution in [0.2, 0.25) is 0 Å². The Labute approximate surface area is 190 Å². The molecule has 0 unspecified atom stereocenters. The number of ether oxygens (including phenoxy) is 1. The van der Waals surface area contributed by atoms with Crippen molar-refractivity contribution in [3.63, 3.8) is 0 Å². The molecule has 0 aliphatic rings. The molecule has 3 aromatic rings. The summed E-state index contributed by atoms with van der Waals surface area (Å²) in [6, 6.07) is 16.4. The minimum absolute atomic E-state index is 0.0829. The molecule has 10 heteroatoms. The van der Waals surface area contributed by atoms with Crippen LogP contribution >= 0.6 is 11.3 Å². The van der Waals surface area contributed by atoms with Gasteiger partial charge in [0.2, 0.25) is 5.91 Å². The van der Waals surface area contributed by atoms with Gasteiger partial charge in [0.1, 0.15) is 9.96 Å². The smallest absolute Gasteiger partial charge is 0.271 e. The van der Waals surface area contributed by atoms with E-state index in [1.54, 1.807) is 48.5 Å². The maximum Gasteiger partial charge on any atom is 0.271 e. The van der Waals surface area contributed by atoms with Gasteiger partial charge in [0.05, 0.1) is 24.4 Å². The molecule has 0 spiro atoms. The molecule has 0 aliphatic carbocycles. The zero-order valence-corrected chi connectivity index (χ0v) is 19.2. The Morgan fingerprint density at radius 1 is 1.00 bits per heavy atom. The number of nitrogens with one attached hydrogen (secondary N) is 3. The van der Waals surface area contributed by atoms with Gasteiger partial charge >= 0.3 is 0 Å². The Bertz CT molecular complexity index is 1200. The van der Waals surface area contributed by atoms with Gasteiger partial charge in [-0.15, -0.1) is 11.3 Å². The zero-order valence-electron chi connectivity index (χ0n) is 17.5. The second-order valence-electron chi connectivity index (χ2n) is 6.69. The van der Waals surface area contributed by atoms with Crippen LogP contribution in [0.3, 0.4) is 0 Å². The van der Waals surface area contributed by atoms with E-state index in [0.717, 1.165) is 11.3 Å². The molecular weight excluding hydrogens is 450 g/mol. The van der Waals surface area contributed by atoms with Crippen LogP contribution in [0.15, 0.2) is 64.9 Å². The fourth-order valence-electron chi connectivity index (χ4n) is 2.77. The number of carbonyl (C=O) groups excluding carboxylic acids is 2. The van der Waals surface area contributed by atoms with E-state index in [1.807, 2.05) is 6.92 Å². The fraction of sp³-hybridized carbons (Fsp3) is 0.182. The Kier molecular flexibility index (Phi) is 7.49. The number of para-hydroxylation sites is 1. The van der Waals surface area contributed by atoms with Crippen molar-refractivity contribution in [2.45, 2.75) is 24.6 Å². The number of thiophene rings is 1. The number of rotatable bonds is 9. The fourth-order valence-corrected chi connectivity index (χ4v) is 5.15. The van der Waals surface area contributed by atoms with E-state index in [1.165, 1.54) is 19.1 Å². The van der Waals surface area contributed by atoms with E-state index in [0.29, 0.717) is 22.9 Å². The number of anilines is 2. The van der Waals surface area contributed by atoms with E-state index in [-0.39, 0.29) is 27.9 Å². The number of amides is 2. The maximum absolute atomic E-state index is 12.9. The molecule has 3 rings (SSSR count). The molecule has 1 heterocycles. The number of benzene rings is 2. The summed E-state index contributed by atoms with van der Waals surface area (Å²) in [4.78, 5) is 24.6. The highest BCUT2D eigenvalue weighted by Crippen LogP contribution is 2.26. The highest BCUT2D eigenvalue weighted by Gasteiger charge is 2.20. The van der Waals surface area contributed by atoms with Crippen molar-refractivity contribution in [2.75, 3.05) is 16.6 Å². The van der Waals surface area contributed by atoms with Crippen molar-refractivity contribution in [2.24, 2.45) is 0 Å². The molecule has 0 aliphatic heterocycles. The predicted octanol–water partition coefficient (Wildman–Crippen LogP) is 3.84. The molecule has 0 saturated heterocycles. The van der Waals surface area contributed by atoms with Gasteiger partial charge in [0, 0.05) is 17.5 Å². The standard InChI is InChI=1S/C22H23N3O5S2/c1-3-30-17-10-8-16(9-11-17)24-22(27)19-6-4-5-7-20(19)25-32(28,29)21-13-12-18(31-21)14-23-15(2)26/h4-13,25H,3,14H2,1-2H3,(H,23,26)(H,24,27). The first kappa shape index (κ1) is 23.3. The van der Waals surface area contributed by atoms with Crippen molar-refractivity contribution in [1.82, 2.24) is 5.32 Å². The molecule has 32 heavy (non-hydrogen) atoms. The van der Waals surface area contributed by atoms with Crippen LogP contribution in [0.25, 0.3) is 0 Å². The maximum atomic E-state index is 12.9. The summed E-state index contributed by atoms with van der Waals surface area (Å²) < 4.78 is 33.7. The molecule has 2 amide bonds. The van der Waals surface area contributed by atoms with Gasteiger partial charge in [-0.25, -0.2) is 8.42 Å². The van der Waals surface area contributed by atoms with Crippen LogP contribution in [0.4, 0.5) is 11.4 Å². The lowest BCUT2D eigenvalue weighted by Crippen LogP contribution is -2.18. The number of hydrogen-bond donors (Lipinski definition) is 3. The van der Waals surface area contributed by atoms with E-state index >= 15 is 0 Å². The van der Waals surface area contributed by atoms with Crippen LogP contribution in [-0.2, 0) is 21.4 Å². The van der Waals surface area contributed by atoms with E-state index in [9.17, 15) is 18.0 Å². The Hall–Kier alpha value is -3.37. The van der Waals surface area contributed by atoms with Crippen LogP contribution in [0, 0.1) is 0 Å². The third kappa shape index (κ3) is 6.08. The minimum atomic E-state index is -3.91. The second kappa shape index (κ2) is 10.3. The molecule has 0 bridgehead atoms. The molecule has 1 aromatic heterocycles. The van der Waals surface area contributed by atoms with Gasteiger partial charge < -0.3 is 15.4 Å². The molecule has 8 nitrogen and oxygen atoms in total. The first-order chi connectivity index (χ1) is 15.3. The van der Waals surface area contributed by atoms with Gasteiger partial charge in [-0.2, -0.15) is 0 Å². The summed E-state index contributed by atoms with van der Waals surface area (Å²) in [5.74, 6) is 0.0332. The Balaban J connectivity index is 1.75. The lowest BCUT2D eigenvalue weighted by molar-refractivity contribution is -0.119. The molecule has 0 saturated carbocycles. The SMILES string of the molecule is CCOc1ccc(NC(=O)c2ccccc2NS(=O)(=O)c2ccc(CNC(C)=O)s2)cc1. The van der Waals surface area contributed by atoms with Crippen molar-refractivity contribution >= 4 is 44.5 Å². The average molecular weight is 474 g/mol. The van der Waals surface area contributed by atoms with Crippen LogP contribution < -0.4 is 20.1 Å². The van der Waals surface area contributed by atoms with Crippen molar-refractivity contribution in [3.8, 4) is 5.75 Å². The molecular formula is C22H23N3O5S2.